The van der Waals surface area contributed by atoms with Crippen LogP contribution < -0.4 is 14.4 Å². The molecule has 1 aliphatic rings. The third-order valence-electron chi connectivity index (χ3n) is 3.63. The van der Waals surface area contributed by atoms with Crippen molar-refractivity contribution in [2.45, 2.75) is 26.4 Å². The molecule has 0 bridgehead atoms. The number of hydrogen-bond acceptors (Lipinski definition) is 5. The molecule has 0 spiro atoms. The van der Waals surface area contributed by atoms with Gasteiger partial charge in [0.15, 0.2) is 0 Å². The molecule has 1 saturated heterocycles. The van der Waals surface area contributed by atoms with Crippen LogP contribution in [0.1, 0.15) is 20.8 Å². The largest absolute Gasteiger partial charge is 0.497 e. The molecule has 1 fully saturated rings. The summed E-state index contributed by atoms with van der Waals surface area (Å²) in [6.45, 7) is 8.39. The second-order valence-electron chi connectivity index (χ2n) is 6.53. The normalized spacial score (nSPS) is 15.3. The second-order valence-corrected chi connectivity index (χ2v) is 6.53. The minimum Gasteiger partial charge on any atom is -0.497 e. The van der Waals surface area contributed by atoms with E-state index in [1.54, 1.807) is 19.1 Å². The molecule has 23 heavy (non-hydrogen) atoms. The average Bonchev–Trinajstić information content (AvgIpc) is 2.52. The summed E-state index contributed by atoms with van der Waals surface area (Å²) in [4.78, 5) is 16.1. The molecule has 0 atom stereocenters. The van der Waals surface area contributed by atoms with Gasteiger partial charge < -0.3 is 24.0 Å². The highest BCUT2D eigenvalue weighted by atomic mass is 16.6. The topological polar surface area (TPSA) is 51.2 Å². The molecule has 1 heterocycles. The predicted octanol–water partition coefficient (Wildman–Crippen LogP) is 2.76. The van der Waals surface area contributed by atoms with Gasteiger partial charge in [-0.2, -0.15) is 0 Å². The highest BCUT2D eigenvalue weighted by Gasteiger charge is 2.26. The van der Waals surface area contributed by atoms with E-state index in [1.807, 2.05) is 39.0 Å². The summed E-state index contributed by atoms with van der Waals surface area (Å²) in [6, 6.07) is 5.80. The minimum absolute atomic E-state index is 0.250. The van der Waals surface area contributed by atoms with Crippen molar-refractivity contribution in [1.82, 2.24) is 4.90 Å². The Bertz CT molecular complexity index is 524. The molecule has 0 N–H and O–H groups in total. The van der Waals surface area contributed by atoms with Crippen molar-refractivity contribution in [1.29, 1.82) is 0 Å². The summed E-state index contributed by atoms with van der Waals surface area (Å²) in [5.74, 6) is 1.52. The Labute approximate surface area is 137 Å². The minimum atomic E-state index is -0.464. The third kappa shape index (κ3) is 4.68. The molecule has 1 amide bonds. The van der Waals surface area contributed by atoms with Crippen molar-refractivity contribution in [2.75, 3.05) is 45.3 Å². The summed E-state index contributed by atoms with van der Waals surface area (Å²) in [6.07, 6.45) is -0.250. The molecule has 0 unspecified atom stereocenters. The summed E-state index contributed by atoms with van der Waals surface area (Å²) in [5, 5.41) is 0. The van der Waals surface area contributed by atoms with Crippen LogP contribution in [0.4, 0.5) is 10.5 Å². The second kappa shape index (κ2) is 6.98. The van der Waals surface area contributed by atoms with Gasteiger partial charge in [-0.3, -0.25) is 0 Å². The van der Waals surface area contributed by atoms with E-state index in [4.69, 9.17) is 14.2 Å². The van der Waals surface area contributed by atoms with Crippen LogP contribution in [-0.2, 0) is 4.74 Å². The Balaban J connectivity index is 2.00. The van der Waals surface area contributed by atoms with E-state index in [0.29, 0.717) is 13.1 Å². The molecular formula is C17H26N2O4. The van der Waals surface area contributed by atoms with Crippen molar-refractivity contribution in [3.05, 3.63) is 18.2 Å². The quantitative estimate of drug-likeness (QED) is 0.856. The van der Waals surface area contributed by atoms with E-state index in [2.05, 4.69) is 4.90 Å². The van der Waals surface area contributed by atoms with Crippen molar-refractivity contribution in [3.63, 3.8) is 0 Å². The molecule has 1 aromatic rings. The lowest BCUT2D eigenvalue weighted by atomic mass is 10.2. The number of piperazine rings is 1. The van der Waals surface area contributed by atoms with E-state index < -0.39 is 5.60 Å². The SMILES string of the molecule is COc1cc(OC)cc(N2CCN(C(=O)OC(C)(C)C)CC2)c1. The first-order valence-corrected chi connectivity index (χ1v) is 7.78. The van der Waals surface area contributed by atoms with Gasteiger partial charge in [0.1, 0.15) is 17.1 Å². The smallest absolute Gasteiger partial charge is 0.410 e. The Morgan fingerprint density at radius 3 is 1.91 bits per heavy atom. The number of carbonyl (C=O) groups excluding carboxylic acids is 1. The van der Waals surface area contributed by atoms with Crippen molar-refractivity contribution in [2.24, 2.45) is 0 Å². The van der Waals surface area contributed by atoms with Gasteiger partial charge in [0.05, 0.1) is 14.2 Å². The maximum absolute atomic E-state index is 12.1. The zero-order valence-corrected chi connectivity index (χ0v) is 14.6. The Kier molecular flexibility index (Phi) is 5.23. The molecule has 6 nitrogen and oxygen atoms in total. The van der Waals surface area contributed by atoms with Gasteiger partial charge >= 0.3 is 6.09 Å². The van der Waals surface area contributed by atoms with Crippen LogP contribution in [0, 0.1) is 0 Å². The fraction of sp³-hybridized carbons (Fsp3) is 0.588. The van der Waals surface area contributed by atoms with E-state index in [1.165, 1.54) is 0 Å². The van der Waals surface area contributed by atoms with Crippen LogP contribution in [-0.4, -0.2) is 57.0 Å². The first-order valence-electron chi connectivity index (χ1n) is 7.78. The lowest BCUT2D eigenvalue weighted by molar-refractivity contribution is 0.0240. The molecule has 1 aliphatic heterocycles. The Hall–Kier alpha value is -2.11. The van der Waals surface area contributed by atoms with E-state index in [-0.39, 0.29) is 6.09 Å². The first-order chi connectivity index (χ1) is 10.8. The fourth-order valence-electron chi connectivity index (χ4n) is 2.45. The number of hydrogen-bond donors (Lipinski definition) is 0. The summed E-state index contributed by atoms with van der Waals surface area (Å²) >= 11 is 0. The summed E-state index contributed by atoms with van der Waals surface area (Å²) in [7, 11) is 3.28. The number of ether oxygens (including phenoxy) is 3. The number of anilines is 1. The number of carbonyl (C=O) groups is 1. The third-order valence-corrected chi connectivity index (χ3v) is 3.63. The molecule has 128 valence electrons. The van der Waals surface area contributed by atoms with Crippen molar-refractivity contribution in [3.8, 4) is 11.5 Å². The van der Waals surface area contributed by atoms with Crippen molar-refractivity contribution < 1.29 is 19.0 Å². The van der Waals surface area contributed by atoms with Crippen LogP contribution in [0.3, 0.4) is 0 Å². The van der Waals surface area contributed by atoms with Gasteiger partial charge in [0, 0.05) is 50.1 Å². The monoisotopic (exact) mass is 322 g/mol. The zero-order chi connectivity index (χ0) is 17.0. The fourth-order valence-corrected chi connectivity index (χ4v) is 2.45. The number of nitrogens with zero attached hydrogens (tertiary/aromatic N) is 2. The molecule has 0 aliphatic carbocycles. The molecule has 1 aromatic carbocycles. The number of benzene rings is 1. The van der Waals surface area contributed by atoms with Gasteiger partial charge in [-0.1, -0.05) is 0 Å². The van der Waals surface area contributed by atoms with Gasteiger partial charge in [-0.15, -0.1) is 0 Å². The maximum atomic E-state index is 12.1. The zero-order valence-electron chi connectivity index (χ0n) is 14.6. The van der Waals surface area contributed by atoms with Gasteiger partial charge in [-0.05, 0) is 20.8 Å². The van der Waals surface area contributed by atoms with Crippen LogP contribution in [0.2, 0.25) is 0 Å². The lowest BCUT2D eigenvalue weighted by Gasteiger charge is -2.36. The van der Waals surface area contributed by atoms with Gasteiger partial charge in [-0.25, -0.2) is 4.79 Å². The Morgan fingerprint density at radius 1 is 0.957 bits per heavy atom. The van der Waals surface area contributed by atoms with Crippen LogP contribution in [0.25, 0.3) is 0 Å². The number of methoxy groups -OCH3 is 2. The molecule has 0 saturated carbocycles. The van der Waals surface area contributed by atoms with E-state index in [9.17, 15) is 4.79 Å². The average molecular weight is 322 g/mol. The highest BCUT2D eigenvalue weighted by Crippen LogP contribution is 2.29. The van der Waals surface area contributed by atoms with Crippen molar-refractivity contribution >= 4 is 11.8 Å². The highest BCUT2D eigenvalue weighted by molar-refractivity contribution is 5.68. The molecular weight excluding hydrogens is 296 g/mol. The Morgan fingerprint density at radius 2 is 1.48 bits per heavy atom. The summed E-state index contributed by atoms with van der Waals surface area (Å²) in [5.41, 5.74) is 0.569. The standard InChI is InChI=1S/C17H26N2O4/c1-17(2,3)23-16(20)19-8-6-18(7-9-19)13-10-14(21-4)12-15(11-13)22-5/h10-12H,6-9H2,1-5H3. The van der Waals surface area contributed by atoms with Crippen LogP contribution in [0.15, 0.2) is 18.2 Å². The van der Waals surface area contributed by atoms with Crippen LogP contribution >= 0.6 is 0 Å². The molecule has 2 rings (SSSR count). The number of rotatable bonds is 3. The van der Waals surface area contributed by atoms with Gasteiger partial charge in [0.25, 0.3) is 0 Å². The van der Waals surface area contributed by atoms with Gasteiger partial charge in [0.2, 0.25) is 0 Å². The number of amides is 1. The predicted molar refractivity (Wildman–Crippen MR) is 89.6 cm³/mol. The van der Waals surface area contributed by atoms with Crippen LogP contribution in [0.5, 0.6) is 11.5 Å². The van der Waals surface area contributed by atoms with E-state index >= 15 is 0 Å². The maximum Gasteiger partial charge on any atom is 0.410 e. The molecule has 6 heteroatoms. The first kappa shape index (κ1) is 17.2. The summed E-state index contributed by atoms with van der Waals surface area (Å²) < 4.78 is 16.0. The molecule has 0 radical (unpaired) electrons. The lowest BCUT2D eigenvalue weighted by Crippen LogP contribution is -2.50. The van der Waals surface area contributed by atoms with E-state index in [0.717, 1.165) is 30.3 Å². The molecule has 0 aromatic heterocycles.